The molecule has 1 aliphatic heterocycles. The SMILES string of the molecule is CCC1(Cn2c(C(C)(C)C)nc3c2CCNC3)CCC1. The first-order chi connectivity index (χ1) is 9.45. The Morgan fingerprint density at radius 1 is 1.30 bits per heavy atom. The van der Waals surface area contributed by atoms with Crippen LogP contribution < -0.4 is 5.32 Å². The van der Waals surface area contributed by atoms with Gasteiger partial charge in [-0.05, 0) is 24.7 Å². The third-order valence-electron chi connectivity index (χ3n) is 5.32. The predicted molar refractivity (Wildman–Crippen MR) is 82.9 cm³/mol. The number of hydrogen-bond acceptors (Lipinski definition) is 2. The van der Waals surface area contributed by atoms with E-state index in [9.17, 15) is 0 Å². The Bertz CT molecular complexity index is 484. The van der Waals surface area contributed by atoms with Crippen molar-refractivity contribution in [3.63, 3.8) is 0 Å². The van der Waals surface area contributed by atoms with E-state index in [1.165, 1.54) is 49.4 Å². The molecule has 112 valence electrons. The fraction of sp³-hybridized carbons (Fsp3) is 0.824. The highest BCUT2D eigenvalue weighted by atomic mass is 15.1. The maximum absolute atomic E-state index is 5.00. The molecule has 1 saturated carbocycles. The smallest absolute Gasteiger partial charge is 0.114 e. The van der Waals surface area contributed by atoms with Gasteiger partial charge in [-0.15, -0.1) is 0 Å². The van der Waals surface area contributed by atoms with Gasteiger partial charge in [0, 0.05) is 37.2 Å². The number of imidazole rings is 1. The van der Waals surface area contributed by atoms with Crippen molar-refractivity contribution in [3.05, 3.63) is 17.2 Å². The molecular formula is C17H29N3. The average molecular weight is 275 g/mol. The lowest BCUT2D eigenvalue weighted by atomic mass is 9.67. The Balaban J connectivity index is 2.00. The van der Waals surface area contributed by atoms with Gasteiger partial charge in [-0.3, -0.25) is 0 Å². The Morgan fingerprint density at radius 3 is 2.60 bits per heavy atom. The van der Waals surface area contributed by atoms with E-state index in [0.717, 1.165) is 19.5 Å². The third kappa shape index (κ3) is 2.30. The summed E-state index contributed by atoms with van der Waals surface area (Å²) in [5, 5.41) is 3.46. The van der Waals surface area contributed by atoms with Crippen LogP contribution in [0, 0.1) is 5.41 Å². The number of rotatable bonds is 3. The number of hydrogen-bond donors (Lipinski definition) is 1. The van der Waals surface area contributed by atoms with E-state index < -0.39 is 0 Å². The summed E-state index contributed by atoms with van der Waals surface area (Å²) in [5.41, 5.74) is 3.50. The van der Waals surface area contributed by atoms with Crippen molar-refractivity contribution in [1.29, 1.82) is 0 Å². The second kappa shape index (κ2) is 4.87. The molecule has 0 spiro atoms. The molecule has 1 fully saturated rings. The minimum atomic E-state index is 0.135. The van der Waals surface area contributed by atoms with Crippen molar-refractivity contribution in [2.45, 2.75) is 78.3 Å². The van der Waals surface area contributed by atoms with E-state index in [2.05, 4.69) is 37.6 Å². The molecule has 0 saturated heterocycles. The van der Waals surface area contributed by atoms with Crippen LogP contribution in [0.5, 0.6) is 0 Å². The van der Waals surface area contributed by atoms with Crippen LogP contribution in [0.1, 0.15) is 70.6 Å². The van der Waals surface area contributed by atoms with Crippen molar-refractivity contribution in [1.82, 2.24) is 14.9 Å². The van der Waals surface area contributed by atoms with Gasteiger partial charge in [-0.25, -0.2) is 4.98 Å². The molecule has 3 rings (SSSR count). The van der Waals surface area contributed by atoms with Crippen LogP contribution in [0.4, 0.5) is 0 Å². The summed E-state index contributed by atoms with van der Waals surface area (Å²) in [7, 11) is 0. The van der Waals surface area contributed by atoms with E-state index >= 15 is 0 Å². The predicted octanol–water partition coefficient (Wildman–Crippen LogP) is 3.41. The number of fused-ring (bicyclic) bond motifs is 1. The van der Waals surface area contributed by atoms with Crippen LogP contribution in [0.2, 0.25) is 0 Å². The summed E-state index contributed by atoms with van der Waals surface area (Å²) in [6, 6.07) is 0. The highest BCUT2D eigenvalue weighted by molar-refractivity contribution is 5.24. The Labute approximate surface area is 123 Å². The van der Waals surface area contributed by atoms with Gasteiger partial charge in [-0.2, -0.15) is 0 Å². The van der Waals surface area contributed by atoms with E-state index in [1.807, 2.05) is 0 Å². The fourth-order valence-corrected chi connectivity index (χ4v) is 3.75. The van der Waals surface area contributed by atoms with Gasteiger partial charge in [0.25, 0.3) is 0 Å². The van der Waals surface area contributed by atoms with Crippen molar-refractivity contribution >= 4 is 0 Å². The molecule has 0 unspecified atom stereocenters. The van der Waals surface area contributed by atoms with E-state index in [-0.39, 0.29) is 5.41 Å². The Kier molecular flexibility index (Phi) is 3.44. The number of aromatic nitrogens is 2. The number of nitrogens with zero attached hydrogens (tertiary/aromatic N) is 2. The minimum absolute atomic E-state index is 0.135. The van der Waals surface area contributed by atoms with Crippen LogP contribution >= 0.6 is 0 Å². The van der Waals surface area contributed by atoms with Crippen molar-refractivity contribution < 1.29 is 0 Å². The van der Waals surface area contributed by atoms with Crippen LogP contribution in [0.15, 0.2) is 0 Å². The van der Waals surface area contributed by atoms with Gasteiger partial charge >= 0.3 is 0 Å². The zero-order chi connectivity index (χ0) is 14.4. The van der Waals surface area contributed by atoms with Gasteiger partial charge in [-0.1, -0.05) is 34.1 Å². The molecule has 20 heavy (non-hydrogen) atoms. The molecule has 3 nitrogen and oxygen atoms in total. The molecule has 2 heterocycles. The Hall–Kier alpha value is -0.830. The van der Waals surface area contributed by atoms with E-state index in [0.29, 0.717) is 5.41 Å². The first kappa shape index (κ1) is 14.1. The molecule has 3 heteroatoms. The zero-order valence-corrected chi connectivity index (χ0v) is 13.6. The zero-order valence-electron chi connectivity index (χ0n) is 13.6. The molecule has 1 N–H and O–H groups in total. The summed E-state index contributed by atoms with van der Waals surface area (Å²) in [5.74, 6) is 1.30. The molecule has 2 aliphatic rings. The van der Waals surface area contributed by atoms with Crippen LogP contribution in [0.3, 0.4) is 0 Å². The number of nitrogens with one attached hydrogen (secondary N) is 1. The summed E-state index contributed by atoms with van der Waals surface area (Å²) >= 11 is 0. The van der Waals surface area contributed by atoms with Gasteiger partial charge in [0.15, 0.2) is 0 Å². The second-order valence-corrected chi connectivity index (χ2v) is 7.80. The van der Waals surface area contributed by atoms with Gasteiger partial charge in [0.1, 0.15) is 5.82 Å². The lowest BCUT2D eigenvalue weighted by molar-refractivity contribution is 0.0963. The van der Waals surface area contributed by atoms with Crippen molar-refractivity contribution in [2.75, 3.05) is 6.54 Å². The topological polar surface area (TPSA) is 29.9 Å². The second-order valence-electron chi connectivity index (χ2n) is 7.80. The lowest BCUT2D eigenvalue weighted by Gasteiger charge is -2.43. The maximum atomic E-state index is 5.00. The highest BCUT2D eigenvalue weighted by Crippen LogP contribution is 2.46. The van der Waals surface area contributed by atoms with Crippen LogP contribution in [0.25, 0.3) is 0 Å². The summed E-state index contributed by atoms with van der Waals surface area (Å²) < 4.78 is 2.60. The summed E-state index contributed by atoms with van der Waals surface area (Å²) in [4.78, 5) is 5.00. The van der Waals surface area contributed by atoms with E-state index in [1.54, 1.807) is 0 Å². The summed E-state index contributed by atoms with van der Waals surface area (Å²) in [6.07, 6.45) is 6.66. The average Bonchev–Trinajstić information content (AvgIpc) is 2.72. The quantitative estimate of drug-likeness (QED) is 0.916. The molecule has 1 aromatic rings. The van der Waals surface area contributed by atoms with Crippen LogP contribution in [-0.2, 0) is 24.9 Å². The largest absolute Gasteiger partial charge is 0.331 e. The van der Waals surface area contributed by atoms with Crippen molar-refractivity contribution in [3.8, 4) is 0 Å². The molecular weight excluding hydrogens is 246 g/mol. The first-order valence-corrected chi connectivity index (χ1v) is 8.25. The third-order valence-corrected chi connectivity index (χ3v) is 5.32. The molecule has 0 radical (unpaired) electrons. The van der Waals surface area contributed by atoms with Gasteiger partial charge in [0.05, 0.1) is 5.69 Å². The molecule has 0 amide bonds. The Morgan fingerprint density at radius 2 is 2.05 bits per heavy atom. The minimum Gasteiger partial charge on any atom is -0.331 e. The molecule has 0 aromatic carbocycles. The highest BCUT2D eigenvalue weighted by Gasteiger charge is 2.38. The molecule has 0 bridgehead atoms. The first-order valence-electron chi connectivity index (χ1n) is 8.25. The van der Waals surface area contributed by atoms with Gasteiger partial charge in [0.2, 0.25) is 0 Å². The maximum Gasteiger partial charge on any atom is 0.114 e. The van der Waals surface area contributed by atoms with E-state index in [4.69, 9.17) is 4.98 Å². The fourth-order valence-electron chi connectivity index (χ4n) is 3.75. The standard InChI is InChI=1S/C17H29N3/c1-5-17(8-6-9-17)12-20-14-7-10-18-11-13(14)19-15(20)16(2,3)4/h18H,5-12H2,1-4H3. The molecule has 1 aromatic heterocycles. The molecule has 0 atom stereocenters. The monoisotopic (exact) mass is 275 g/mol. The lowest BCUT2D eigenvalue weighted by Crippen LogP contribution is -2.36. The molecule has 1 aliphatic carbocycles. The van der Waals surface area contributed by atoms with Crippen LogP contribution in [-0.4, -0.2) is 16.1 Å². The summed E-state index contributed by atoms with van der Waals surface area (Å²) in [6.45, 7) is 12.5. The van der Waals surface area contributed by atoms with Crippen molar-refractivity contribution in [2.24, 2.45) is 5.41 Å². The van der Waals surface area contributed by atoms with Gasteiger partial charge < -0.3 is 9.88 Å². The normalized spacial score (nSPS) is 21.4.